The fourth-order valence-corrected chi connectivity index (χ4v) is 3.75. The summed E-state index contributed by atoms with van der Waals surface area (Å²) in [7, 11) is 0. The predicted octanol–water partition coefficient (Wildman–Crippen LogP) is 2.98. The molecule has 8 nitrogen and oxygen atoms in total. The lowest BCUT2D eigenvalue weighted by Crippen LogP contribution is -2.44. The molecule has 2 N–H and O–H groups in total. The SMILES string of the molecule is O=C(NCC(F)(F)F)C1=NN(Cc2ccc(Cl)cc2)c2nc(C3CCOCC3)cn2C1O. The molecule has 0 saturated carbocycles. The summed E-state index contributed by atoms with van der Waals surface area (Å²) in [6.45, 7) is -0.181. The molecule has 0 aliphatic carbocycles. The number of anilines is 1. The Morgan fingerprint density at radius 3 is 2.59 bits per heavy atom. The average molecular weight is 472 g/mol. The molecule has 32 heavy (non-hydrogen) atoms. The summed E-state index contributed by atoms with van der Waals surface area (Å²) in [5.74, 6) is -0.710. The Hall–Kier alpha value is -2.63. The highest BCUT2D eigenvalue weighted by Crippen LogP contribution is 2.33. The van der Waals surface area contributed by atoms with Crippen LogP contribution in [0, 0.1) is 0 Å². The number of carbonyl (C=O) groups excluding carboxylic acids is 1. The number of amides is 1. The zero-order valence-corrected chi connectivity index (χ0v) is 17.6. The fourth-order valence-electron chi connectivity index (χ4n) is 3.62. The second-order valence-electron chi connectivity index (χ2n) is 7.60. The van der Waals surface area contributed by atoms with Gasteiger partial charge in [0.05, 0.1) is 12.2 Å². The molecule has 1 saturated heterocycles. The number of hydrogen-bond donors (Lipinski definition) is 2. The monoisotopic (exact) mass is 471 g/mol. The molecule has 0 radical (unpaired) electrons. The van der Waals surface area contributed by atoms with E-state index in [1.807, 2.05) is 0 Å². The predicted molar refractivity (Wildman–Crippen MR) is 110 cm³/mol. The number of aliphatic hydroxyl groups excluding tert-OH is 1. The molecule has 12 heteroatoms. The summed E-state index contributed by atoms with van der Waals surface area (Å²) in [6, 6.07) is 6.91. The van der Waals surface area contributed by atoms with Gasteiger partial charge in [0.1, 0.15) is 6.54 Å². The number of alkyl halides is 3. The number of nitrogens with zero attached hydrogens (tertiary/aromatic N) is 4. The molecule has 0 bridgehead atoms. The van der Waals surface area contributed by atoms with Crippen LogP contribution in [0.25, 0.3) is 0 Å². The zero-order valence-electron chi connectivity index (χ0n) is 16.8. The number of nitrogens with one attached hydrogen (secondary N) is 1. The van der Waals surface area contributed by atoms with Crippen LogP contribution in [0.5, 0.6) is 0 Å². The van der Waals surface area contributed by atoms with Crippen LogP contribution in [0.2, 0.25) is 5.02 Å². The number of aliphatic hydroxyl groups is 1. The minimum absolute atomic E-state index is 0.105. The highest BCUT2D eigenvalue weighted by molar-refractivity contribution is 6.40. The molecule has 2 aliphatic heterocycles. The number of fused-ring (bicyclic) bond motifs is 1. The number of carbonyl (C=O) groups is 1. The summed E-state index contributed by atoms with van der Waals surface area (Å²) in [5, 5.41) is 18.6. The van der Waals surface area contributed by atoms with E-state index in [0.717, 1.165) is 18.4 Å². The van der Waals surface area contributed by atoms with Gasteiger partial charge < -0.3 is 15.2 Å². The van der Waals surface area contributed by atoms with Crippen molar-refractivity contribution in [3.8, 4) is 0 Å². The fraction of sp³-hybridized carbons (Fsp3) is 0.450. The van der Waals surface area contributed by atoms with E-state index in [1.165, 1.54) is 9.58 Å². The van der Waals surface area contributed by atoms with Crippen LogP contribution in [0.4, 0.5) is 19.1 Å². The second kappa shape index (κ2) is 9.08. The Labute approximate surface area is 186 Å². The molecule has 1 atom stereocenters. The summed E-state index contributed by atoms with van der Waals surface area (Å²) in [5.41, 5.74) is 1.04. The molecule has 1 aromatic heterocycles. The van der Waals surface area contributed by atoms with Gasteiger partial charge in [-0.2, -0.15) is 18.3 Å². The zero-order chi connectivity index (χ0) is 22.9. The number of hydrogen-bond acceptors (Lipinski definition) is 6. The van der Waals surface area contributed by atoms with Gasteiger partial charge in [-0.3, -0.25) is 9.36 Å². The van der Waals surface area contributed by atoms with Gasteiger partial charge in [0.25, 0.3) is 5.91 Å². The molecule has 2 aromatic rings. The molecule has 2 aliphatic rings. The maximum atomic E-state index is 12.6. The smallest absolute Gasteiger partial charge is 0.381 e. The Kier molecular flexibility index (Phi) is 6.40. The molecule has 172 valence electrons. The van der Waals surface area contributed by atoms with Crippen molar-refractivity contribution in [1.29, 1.82) is 0 Å². The summed E-state index contributed by atoms with van der Waals surface area (Å²) >= 11 is 5.93. The van der Waals surface area contributed by atoms with Crippen molar-refractivity contribution in [2.75, 3.05) is 24.8 Å². The van der Waals surface area contributed by atoms with Crippen molar-refractivity contribution in [1.82, 2.24) is 14.9 Å². The Balaban J connectivity index is 1.65. The molecule has 1 fully saturated rings. The van der Waals surface area contributed by atoms with Crippen LogP contribution in [0.3, 0.4) is 0 Å². The normalized spacial score (nSPS) is 19.5. The summed E-state index contributed by atoms with van der Waals surface area (Å²) < 4.78 is 44.4. The third kappa shape index (κ3) is 5.05. The highest BCUT2D eigenvalue weighted by Gasteiger charge is 2.36. The number of aromatic nitrogens is 2. The van der Waals surface area contributed by atoms with Crippen LogP contribution in [0.15, 0.2) is 35.6 Å². The van der Waals surface area contributed by atoms with Crippen LogP contribution < -0.4 is 10.3 Å². The van der Waals surface area contributed by atoms with Crippen LogP contribution in [0.1, 0.15) is 36.2 Å². The van der Waals surface area contributed by atoms with Gasteiger partial charge in [-0.05, 0) is 30.5 Å². The minimum atomic E-state index is -4.59. The van der Waals surface area contributed by atoms with E-state index in [2.05, 4.69) is 10.1 Å². The third-order valence-corrected chi connectivity index (χ3v) is 5.52. The number of ether oxygens (including phenoxy) is 1. The van der Waals surface area contributed by atoms with Crippen molar-refractivity contribution < 1.29 is 27.8 Å². The first-order valence-corrected chi connectivity index (χ1v) is 10.4. The molecule has 1 unspecified atom stereocenters. The maximum Gasteiger partial charge on any atom is 0.405 e. The lowest BCUT2D eigenvalue weighted by molar-refractivity contribution is -0.135. The first kappa shape index (κ1) is 22.6. The second-order valence-corrected chi connectivity index (χ2v) is 8.04. The van der Waals surface area contributed by atoms with Crippen molar-refractivity contribution in [2.45, 2.75) is 37.7 Å². The molecule has 0 spiro atoms. The molecular formula is C20H21ClF3N5O3. The highest BCUT2D eigenvalue weighted by atomic mass is 35.5. The average Bonchev–Trinajstić information content (AvgIpc) is 3.22. The van der Waals surface area contributed by atoms with Crippen LogP contribution in [-0.4, -0.2) is 52.2 Å². The van der Waals surface area contributed by atoms with Gasteiger partial charge in [-0.1, -0.05) is 23.7 Å². The van der Waals surface area contributed by atoms with Crippen LogP contribution in [-0.2, 0) is 16.1 Å². The molecule has 1 amide bonds. The maximum absolute atomic E-state index is 12.6. The summed E-state index contributed by atoms with van der Waals surface area (Å²) in [4.78, 5) is 17.0. The molecule has 3 heterocycles. The number of rotatable bonds is 5. The van der Waals surface area contributed by atoms with E-state index in [1.54, 1.807) is 35.8 Å². The van der Waals surface area contributed by atoms with E-state index in [9.17, 15) is 23.1 Å². The molecule has 4 rings (SSSR count). The Morgan fingerprint density at radius 2 is 1.94 bits per heavy atom. The Bertz CT molecular complexity index is 1000. The van der Waals surface area contributed by atoms with Crippen molar-refractivity contribution in [3.63, 3.8) is 0 Å². The third-order valence-electron chi connectivity index (χ3n) is 5.27. The van der Waals surface area contributed by atoms with E-state index < -0.39 is 30.6 Å². The quantitative estimate of drug-likeness (QED) is 0.699. The van der Waals surface area contributed by atoms with E-state index >= 15 is 0 Å². The molecular weight excluding hydrogens is 451 g/mol. The topological polar surface area (TPSA) is 92.0 Å². The van der Waals surface area contributed by atoms with Gasteiger partial charge in [0.2, 0.25) is 5.95 Å². The first-order chi connectivity index (χ1) is 15.2. The standard InChI is InChI=1S/C20H21ClF3N5O3/c21-14-3-1-12(2-4-14)9-29-19-26-15(13-5-7-32-8-6-13)10-28(19)18(31)16(27-29)17(30)25-11-20(22,23)24/h1-4,10,13,18,31H,5-9,11H2,(H,25,30). The van der Waals surface area contributed by atoms with Gasteiger partial charge in [-0.25, -0.2) is 9.99 Å². The lowest BCUT2D eigenvalue weighted by atomic mass is 9.97. The van der Waals surface area contributed by atoms with Crippen LogP contribution >= 0.6 is 11.6 Å². The largest absolute Gasteiger partial charge is 0.405 e. The summed E-state index contributed by atoms with van der Waals surface area (Å²) in [6.07, 6.45) is -3.03. The van der Waals surface area contributed by atoms with E-state index in [-0.39, 0.29) is 12.5 Å². The van der Waals surface area contributed by atoms with Crippen molar-refractivity contribution in [3.05, 3.63) is 46.7 Å². The van der Waals surface area contributed by atoms with Gasteiger partial charge in [0.15, 0.2) is 11.9 Å². The number of hydrazone groups is 1. The lowest BCUT2D eigenvalue weighted by Gasteiger charge is -2.28. The minimum Gasteiger partial charge on any atom is -0.381 e. The van der Waals surface area contributed by atoms with E-state index in [0.29, 0.717) is 29.9 Å². The van der Waals surface area contributed by atoms with Gasteiger partial charge in [0, 0.05) is 30.4 Å². The van der Waals surface area contributed by atoms with Crippen molar-refractivity contribution >= 4 is 29.2 Å². The first-order valence-electron chi connectivity index (χ1n) is 10.0. The van der Waals surface area contributed by atoms with Crippen molar-refractivity contribution in [2.24, 2.45) is 5.10 Å². The van der Waals surface area contributed by atoms with Gasteiger partial charge >= 0.3 is 6.18 Å². The number of imidazole rings is 1. The Morgan fingerprint density at radius 1 is 1.25 bits per heavy atom. The van der Waals surface area contributed by atoms with E-state index in [4.69, 9.17) is 16.3 Å². The number of benzene rings is 1. The van der Waals surface area contributed by atoms with Gasteiger partial charge in [-0.15, -0.1) is 0 Å². The number of halogens is 4. The molecule has 1 aromatic carbocycles.